The summed E-state index contributed by atoms with van der Waals surface area (Å²) in [5.74, 6) is -0.351. The minimum absolute atomic E-state index is 0.351. The van der Waals surface area contributed by atoms with Gasteiger partial charge < -0.3 is 11.1 Å². The number of nitrogen functional groups attached to an aromatic ring is 1. The minimum Gasteiger partial charge on any atom is -0.399 e. The van der Waals surface area contributed by atoms with E-state index in [9.17, 15) is 4.39 Å². The Bertz CT molecular complexity index is 492. The second-order valence-electron chi connectivity index (χ2n) is 3.57. The molecule has 84 valence electrons. The number of anilines is 2. The van der Waals surface area contributed by atoms with E-state index in [0.29, 0.717) is 17.9 Å². The number of halogens is 1. The fourth-order valence-electron chi connectivity index (χ4n) is 1.42. The summed E-state index contributed by atoms with van der Waals surface area (Å²) in [6, 6.07) is 6.44. The van der Waals surface area contributed by atoms with Crippen LogP contribution in [0.15, 0.2) is 30.5 Å². The lowest BCUT2D eigenvalue weighted by Gasteiger charge is -2.06. The fraction of sp³-hybridized carbons (Fsp3) is 0.182. The maximum absolute atomic E-state index is 13.4. The van der Waals surface area contributed by atoms with Crippen LogP contribution in [0.3, 0.4) is 0 Å². The van der Waals surface area contributed by atoms with Gasteiger partial charge in [0, 0.05) is 18.9 Å². The summed E-state index contributed by atoms with van der Waals surface area (Å²) in [4.78, 5) is 0. The average molecular weight is 220 g/mol. The molecule has 0 aliphatic heterocycles. The van der Waals surface area contributed by atoms with Gasteiger partial charge in [-0.25, -0.2) is 4.39 Å². The van der Waals surface area contributed by atoms with Crippen LogP contribution < -0.4 is 11.1 Å². The van der Waals surface area contributed by atoms with E-state index in [4.69, 9.17) is 5.73 Å². The van der Waals surface area contributed by atoms with Crippen LogP contribution in [0.5, 0.6) is 0 Å². The molecule has 5 heteroatoms. The second kappa shape index (κ2) is 4.22. The molecule has 0 aliphatic rings. The lowest BCUT2D eigenvalue weighted by molar-refractivity contribution is 0.630. The van der Waals surface area contributed by atoms with Gasteiger partial charge in [-0.1, -0.05) is 0 Å². The first-order valence-electron chi connectivity index (χ1n) is 4.92. The molecule has 0 spiro atoms. The van der Waals surface area contributed by atoms with Crippen LogP contribution >= 0.6 is 0 Å². The highest BCUT2D eigenvalue weighted by molar-refractivity contribution is 5.52. The monoisotopic (exact) mass is 220 g/mol. The SMILES string of the molecule is Cn1ccc(CNc2ccc(N)cc2F)n1. The largest absolute Gasteiger partial charge is 0.399 e. The van der Waals surface area contributed by atoms with Crippen LogP contribution in [0.4, 0.5) is 15.8 Å². The third-order valence-electron chi connectivity index (χ3n) is 2.22. The predicted octanol–water partition coefficient (Wildman–Crippen LogP) is 1.75. The molecule has 0 fully saturated rings. The van der Waals surface area contributed by atoms with Gasteiger partial charge in [0.15, 0.2) is 0 Å². The van der Waals surface area contributed by atoms with E-state index >= 15 is 0 Å². The van der Waals surface area contributed by atoms with Crippen molar-refractivity contribution in [3.63, 3.8) is 0 Å². The van der Waals surface area contributed by atoms with E-state index in [0.717, 1.165) is 5.69 Å². The second-order valence-corrected chi connectivity index (χ2v) is 3.57. The van der Waals surface area contributed by atoms with Gasteiger partial charge in [-0.05, 0) is 24.3 Å². The first-order valence-corrected chi connectivity index (χ1v) is 4.92. The summed E-state index contributed by atoms with van der Waals surface area (Å²) in [5.41, 5.74) is 7.16. The van der Waals surface area contributed by atoms with Crippen molar-refractivity contribution in [3.8, 4) is 0 Å². The number of aryl methyl sites for hydroxylation is 1. The Hall–Kier alpha value is -2.04. The first-order chi connectivity index (χ1) is 7.65. The van der Waals surface area contributed by atoms with Crippen LogP contribution in [-0.4, -0.2) is 9.78 Å². The molecule has 0 atom stereocenters. The molecular weight excluding hydrogens is 207 g/mol. The molecule has 1 aromatic heterocycles. The summed E-state index contributed by atoms with van der Waals surface area (Å²) in [6.45, 7) is 0.488. The molecule has 0 amide bonds. The number of rotatable bonds is 3. The summed E-state index contributed by atoms with van der Waals surface area (Å²) >= 11 is 0. The molecule has 1 heterocycles. The summed E-state index contributed by atoms with van der Waals surface area (Å²) in [6.07, 6.45) is 1.84. The zero-order chi connectivity index (χ0) is 11.5. The van der Waals surface area contributed by atoms with Gasteiger partial charge in [-0.3, -0.25) is 4.68 Å². The van der Waals surface area contributed by atoms with Crippen molar-refractivity contribution in [3.05, 3.63) is 42.0 Å². The topological polar surface area (TPSA) is 55.9 Å². The van der Waals surface area contributed by atoms with E-state index in [2.05, 4.69) is 10.4 Å². The smallest absolute Gasteiger partial charge is 0.148 e. The molecule has 1 aromatic carbocycles. The van der Waals surface area contributed by atoms with Crippen LogP contribution in [0.1, 0.15) is 5.69 Å². The van der Waals surface area contributed by atoms with Crippen LogP contribution in [0.2, 0.25) is 0 Å². The third kappa shape index (κ3) is 2.31. The minimum atomic E-state index is -0.351. The molecular formula is C11H13FN4. The molecule has 3 N–H and O–H groups in total. The van der Waals surface area contributed by atoms with E-state index in [1.807, 2.05) is 19.3 Å². The van der Waals surface area contributed by atoms with E-state index in [1.165, 1.54) is 6.07 Å². The lowest BCUT2D eigenvalue weighted by atomic mass is 10.2. The summed E-state index contributed by atoms with van der Waals surface area (Å²) in [7, 11) is 1.84. The van der Waals surface area contributed by atoms with Crippen molar-refractivity contribution < 1.29 is 4.39 Å². The number of nitrogens with two attached hydrogens (primary N) is 1. The fourth-order valence-corrected chi connectivity index (χ4v) is 1.42. The van der Waals surface area contributed by atoms with Crippen LogP contribution in [-0.2, 0) is 13.6 Å². The van der Waals surface area contributed by atoms with Crippen LogP contribution in [0, 0.1) is 5.82 Å². The number of aromatic nitrogens is 2. The lowest BCUT2D eigenvalue weighted by Crippen LogP contribution is -2.03. The molecule has 0 saturated carbocycles. The van der Waals surface area contributed by atoms with E-state index < -0.39 is 0 Å². The van der Waals surface area contributed by atoms with Crippen molar-refractivity contribution in [1.29, 1.82) is 0 Å². The molecule has 0 saturated heterocycles. The summed E-state index contributed by atoms with van der Waals surface area (Å²) < 4.78 is 15.1. The first kappa shape index (κ1) is 10.5. The van der Waals surface area contributed by atoms with Gasteiger partial charge in [-0.15, -0.1) is 0 Å². The Balaban J connectivity index is 2.04. The Morgan fingerprint density at radius 1 is 1.44 bits per heavy atom. The molecule has 0 aliphatic carbocycles. The Morgan fingerprint density at radius 2 is 2.25 bits per heavy atom. The molecule has 2 aromatic rings. The van der Waals surface area contributed by atoms with Crippen molar-refractivity contribution in [2.24, 2.45) is 7.05 Å². The molecule has 2 rings (SSSR count). The highest BCUT2D eigenvalue weighted by Crippen LogP contribution is 2.17. The predicted molar refractivity (Wildman–Crippen MR) is 61.3 cm³/mol. The number of nitrogens with one attached hydrogen (secondary N) is 1. The zero-order valence-electron chi connectivity index (χ0n) is 8.94. The molecule has 16 heavy (non-hydrogen) atoms. The molecule has 0 bridgehead atoms. The molecule has 0 unspecified atom stereocenters. The third-order valence-corrected chi connectivity index (χ3v) is 2.22. The van der Waals surface area contributed by atoms with Gasteiger partial charge in [0.2, 0.25) is 0 Å². The Kier molecular flexibility index (Phi) is 2.76. The highest BCUT2D eigenvalue weighted by Gasteiger charge is 2.02. The Labute approximate surface area is 92.9 Å². The van der Waals surface area contributed by atoms with Crippen molar-refractivity contribution in [2.45, 2.75) is 6.54 Å². The maximum Gasteiger partial charge on any atom is 0.148 e. The van der Waals surface area contributed by atoms with Crippen molar-refractivity contribution in [2.75, 3.05) is 11.1 Å². The number of hydrogen-bond donors (Lipinski definition) is 2. The van der Waals surface area contributed by atoms with Crippen molar-refractivity contribution >= 4 is 11.4 Å². The van der Waals surface area contributed by atoms with Gasteiger partial charge in [0.1, 0.15) is 5.82 Å². The van der Waals surface area contributed by atoms with E-state index in [-0.39, 0.29) is 5.82 Å². The van der Waals surface area contributed by atoms with Gasteiger partial charge in [-0.2, -0.15) is 5.10 Å². The number of nitrogens with zero attached hydrogens (tertiary/aromatic N) is 2. The molecule has 4 nitrogen and oxygen atoms in total. The quantitative estimate of drug-likeness (QED) is 0.775. The maximum atomic E-state index is 13.4. The standard InChI is InChI=1S/C11H13FN4/c1-16-5-4-9(15-16)7-14-11-3-2-8(13)6-10(11)12/h2-6,14H,7,13H2,1H3. The summed E-state index contributed by atoms with van der Waals surface area (Å²) in [5, 5.41) is 7.14. The average Bonchev–Trinajstić information content (AvgIpc) is 2.63. The molecule has 0 radical (unpaired) electrons. The number of hydrogen-bond acceptors (Lipinski definition) is 3. The normalized spacial score (nSPS) is 10.4. The van der Waals surface area contributed by atoms with Crippen LogP contribution in [0.25, 0.3) is 0 Å². The highest BCUT2D eigenvalue weighted by atomic mass is 19.1. The Morgan fingerprint density at radius 3 is 2.88 bits per heavy atom. The van der Waals surface area contributed by atoms with E-state index in [1.54, 1.807) is 16.8 Å². The van der Waals surface area contributed by atoms with Gasteiger partial charge >= 0.3 is 0 Å². The number of benzene rings is 1. The van der Waals surface area contributed by atoms with Crippen molar-refractivity contribution in [1.82, 2.24) is 9.78 Å². The zero-order valence-corrected chi connectivity index (χ0v) is 8.94. The van der Waals surface area contributed by atoms with Gasteiger partial charge in [0.25, 0.3) is 0 Å². The van der Waals surface area contributed by atoms with Gasteiger partial charge in [0.05, 0.1) is 17.9 Å².